The van der Waals surface area contributed by atoms with Gasteiger partial charge in [0.15, 0.2) is 0 Å². The highest BCUT2D eigenvalue weighted by molar-refractivity contribution is 7.92. The van der Waals surface area contributed by atoms with Crippen molar-refractivity contribution in [3.63, 3.8) is 0 Å². The predicted molar refractivity (Wildman–Crippen MR) is 135 cm³/mol. The number of carboxylic acids is 1. The van der Waals surface area contributed by atoms with Crippen molar-refractivity contribution in [2.45, 2.75) is 4.90 Å². The molecule has 3 aromatic rings. The van der Waals surface area contributed by atoms with Crippen molar-refractivity contribution in [3.05, 3.63) is 72.3 Å². The molecule has 0 fully saturated rings. The Bertz CT molecular complexity index is 1210. The van der Waals surface area contributed by atoms with Gasteiger partial charge in [0.1, 0.15) is 10.6 Å². The normalized spacial score (nSPS) is 10.4. The van der Waals surface area contributed by atoms with Gasteiger partial charge in [-0.25, -0.2) is 13.2 Å². The van der Waals surface area contributed by atoms with E-state index in [4.69, 9.17) is 10.5 Å². The van der Waals surface area contributed by atoms with Crippen molar-refractivity contribution in [1.29, 1.82) is 0 Å². The van der Waals surface area contributed by atoms with Crippen LogP contribution in [0.2, 0.25) is 0 Å². The fourth-order valence-electron chi connectivity index (χ4n) is 3.02. The van der Waals surface area contributed by atoms with Crippen LogP contribution in [0.1, 0.15) is 10.4 Å². The molecule has 5 N–H and O–H groups in total. The van der Waals surface area contributed by atoms with Crippen molar-refractivity contribution in [3.8, 4) is 16.9 Å². The minimum absolute atomic E-state index is 0. The highest BCUT2D eigenvalue weighted by Crippen LogP contribution is 2.32. The molecule has 0 aromatic heterocycles. The van der Waals surface area contributed by atoms with E-state index in [1.54, 1.807) is 36.4 Å². The Morgan fingerprint density at radius 3 is 2.30 bits per heavy atom. The monoisotopic (exact) mass is 513 g/mol. The van der Waals surface area contributed by atoms with E-state index in [0.29, 0.717) is 29.9 Å². The molecule has 0 bridgehead atoms. The lowest BCUT2D eigenvalue weighted by molar-refractivity contribution is 0.0697. The van der Waals surface area contributed by atoms with E-state index in [1.807, 2.05) is 6.07 Å². The molecule has 0 heterocycles. The summed E-state index contributed by atoms with van der Waals surface area (Å²) in [6.07, 6.45) is 0. The van der Waals surface area contributed by atoms with Gasteiger partial charge in [-0.1, -0.05) is 24.3 Å². The van der Waals surface area contributed by atoms with Crippen LogP contribution in [0.15, 0.2) is 71.6 Å². The summed E-state index contributed by atoms with van der Waals surface area (Å²) < 4.78 is 34.1. The van der Waals surface area contributed by atoms with E-state index in [2.05, 4.69) is 10.0 Å². The number of nitrogens with one attached hydrogen (secondary N) is 2. The van der Waals surface area contributed by atoms with Gasteiger partial charge in [-0.05, 0) is 53.6 Å². The molecule has 0 radical (unpaired) electrons. The van der Waals surface area contributed by atoms with Gasteiger partial charge in [0.05, 0.1) is 18.4 Å². The van der Waals surface area contributed by atoms with Crippen LogP contribution in [-0.4, -0.2) is 39.7 Å². The molecule has 0 spiro atoms. The zero-order valence-electron chi connectivity index (χ0n) is 17.6. The van der Waals surface area contributed by atoms with Crippen LogP contribution in [0.4, 0.5) is 11.4 Å². The average molecular weight is 514 g/mol. The molecule has 11 heteroatoms. The second kappa shape index (κ2) is 12.3. The number of carbonyl (C=O) groups is 1. The van der Waals surface area contributed by atoms with E-state index in [1.165, 1.54) is 31.4 Å². The number of sulfonamides is 1. The van der Waals surface area contributed by atoms with E-state index < -0.39 is 16.0 Å². The zero-order valence-corrected chi connectivity index (χ0v) is 20.1. The summed E-state index contributed by atoms with van der Waals surface area (Å²) >= 11 is 0. The Balaban J connectivity index is 0.00000272. The fraction of sp³-hybridized carbons (Fsp3) is 0.136. The van der Waals surface area contributed by atoms with Crippen LogP contribution in [0.5, 0.6) is 5.75 Å². The van der Waals surface area contributed by atoms with E-state index in [0.717, 1.165) is 5.69 Å². The summed E-state index contributed by atoms with van der Waals surface area (Å²) in [5, 5.41) is 12.3. The molecule has 0 aliphatic rings. The van der Waals surface area contributed by atoms with Crippen LogP contribution in [-0.2, 0) is 10.0 Å². The Kier molecular flexibility index (Phi) is 10.5. The third-order valence-corrected chi connectivity index (χ3v) is 5.89. The second-order valence-corrected chi connectivity index (χ2v) is 8.30. The first-order valence-corrected chi connectivity index (χ1v) is 10.9. The maximum Gasteiger partial charge on any atom is 0.335 e. The molecule has 33 heavy (non-hydrogen) atoms. The second-order valence-electron chi connectivity index (χ2n) is 6.65. The quantitative estimate of drug-likeness (QED) is 0.339. The summed E-state index contributed by atoms with van der Waals surface area (Å²) in [7, 11) is -2.61. The van der Waals surface area contributed by atoms with Crippen molar-refractivity contribution >= 4 is 52.2 Å². The van der Waals surface area contributed by atoms with Crippen molar-refractivity contribution in [2.24, 2.45) is 5.73 Å². The number of carboxylic acid groups (broad SMARTS) is 1. The van der Waals surface area contributed by atoms with Gasteiger partial charge in [-0.15, -0.1) is 24.8 Å². The van der Waals surface area contributed by atoms with Crippen LogP contribution in [0.3, 0.4) is 0 Å². The number of ether oxygens (including phenoxy) is 1. The third-order valence-electron chi connectivity index (χ3n) is 4.48. The predicted octanol–water partition coefficient (Wildman–Crippen LogP) is 4.08. The first kappa shape index (κ1) is 28.1. The Morgan fingerprint density at radius 1 is 0.970 bits per heavy atom. The molecule has 0 unspecified atom stereocenters. The molecular weight excluding hydrogens is 489 g/mol. The fourth-order valence-corrected chi connectivity index (χ4v) is 4.26. The minimum atomic E-state index is -3.99. The molecule has 3 rings (SSSR count). The molecule has 0 aliphatic carbocycles. The number of aromatic carboxylic acids is 1. The van der Waals surface area contributed by atoms with Crippen molar-refractivity contribution in [2.75, 3.05) is 30.2 Å². The first-order chi connectivity index (χ1) is 14.8. The van der Waals surface area contributed by atoms with E-state index in [9.17, 15) is 18.3 Å². The summed E-state index contributed by atoms with van der Waals surface area (Å²) in [5.74, 6) is -0.893. The van der Waals surface area contributed by atoms with Gasteiger partial charge in [0.2, 0.25) is 0 Å². The minimum Gasteiger partial charge on any atom is -0.495 e. The van der Waals surface area contributed by atoms with Gasteiger partial charge < -0.3 is 20.9 Å². The number of nitrogens with two attached hydrogens (primary N) is 1. The Hall–Kier alpha value is -2.98. The summed E-state index contributed by atoms with van der Waals surface area (Å²) in [6, 6.07) is 17.8. The van der Waals surface area contributed by atoms with Crippen LogP contribution in [0.25, 0.3) is 11.1 Å². The number of hydrogen-bond acceptors (Lipinski definition) is 6. The number of hydrogen-bond donors (Lipinski definition) is 4. The van der Waals surface area contributed by atoms with Crippen LogP contribution < -0.4 is 20.5 Å². The van der Waals surface area contributed by atoms with Gasteiger partial charge >= 0.3 is 5.97 Å². The van der Waals surface area contributed by atoms with Crippen molar-refractivity contribution in [1.82, 2.24) is 0 Å². The highest BCUT2D eigenvalue weighted by Gasteiger charge is 2.21. The molecular formula is C22H25Cl2N3O5S. The van der Waals surface area contributed by atoms with Gasteiger partial charge in [-0.2, -0.15) is 0 Å². The summed E-state index contributed by atoms with van der Waals surface area (Å²) in [6.45, 7) is 1.00. The topological polar surface area (TPSA) is 131 Å². The number of methoxy groups -OCH3 is 1. The summed E-state index contributed by atoms with van der Waals surface area (Å²) in [4.78, 5) is 11.2. The first-order valence-electron chi connectivity index (χ1n) is 9.42. The standard InChI is InChI=1S/C22H23N3O5S.2ClH/c1-30-20-9-8-16(15-4-2-5-17(12-15)22(26)27)13-21(20)31(28,29)25-19-7-3-6-18(14-19)24-11-10-23;;/h2-9,12-14,24-25H,10-11,23H2,1H3,(H,26,27);2*1H. The molecule has 0 amide bonds. The number of benzene rings is 3. The Labute approximate surface area is 205 Å². The lowest BCUT2D eigenvalue weighted by Gasteiger charge is -2.14. The highest BCUT2D eigenvalue weighted by atomic mass is 35.5. The molecule has 178 valence electrons. The lowest BCUT2D eigenvalue weighted by atomic mass is 10.0. The van der Waals surface area contributed by atoms with Crippen LogP contribution >= 0.6 is 24.8 Å². The van der Waals surface area contributed by atoms with E-state index in [-0.39, 0.29) is 41.0 Å². The molecule has 0 aliphatic heterocycles. The Morgan fingerprint density at radius 2 is 1.64 bits per heavy atom. The number of halogens is 2. The molecule has 0 saturated carbocycles. The average Bonchev–Trinajstić information content (AvgIpc) is 2.77. The molecule has 0 atom stereocenters. The largest absolute Gasteiger partial charge is 0.495 e. The third kappa shape index (κ3) is 7.00. The smallest absolute Gasteiger partial charge is 0.335 e. The van der Waals surface area contributed by atoms with Gasteiger partial charge in [0.25, 0.3) is 10.0 Å². The maximum atomic E-state index is 13.1. The molecule has 0 saturated heterocycles. The maximum absolute atomic E-state index is 13.1. The number of rotatable bonds is 9. The van der Waals surface area contributed by atoms with Crippen LogP contribution in [0, 0.1) is 0 Å². The van der Waals surface area contributed by atoms with E-state index >= 15 is 0 Å². The SMILES string of the molecule is COc1ccc(-c2cccc(C(=O)O)c2)cc1S(=O)(=O)Nc1cccc(NCCN)c1.Cl.Cl. The van der Waals surface area contributed by atoms with Gasteiger partial charge in [-0.3, -0.25) is 4.72 Å². The zero-order chi connectivity index (χ0) is 22.4. The lowest BCUT2D eigenvalue weighted by Crippen LogP contribution is -2.15. The molecule has 8 nitrogen and oxygen atoms in total. The summed E-state index contributed by atoms with van der Waals surface area (Å²) in [5.41, 5.74) is 7.83. The molecule has 3 aromatic carbocycles. The number of anilines is 2. The van der Waals surface area contributed by atoms with Gasteiger partial charge in [0, 0.05) is 18.8 Å². The van der Waals surface area contributed by atoms with Crippen molar-refractivity contribution < 1.29 is 23.1 Å².